The van der Waals surface area contributed by atoms with Gasteiger partial charge in [-0.25, -0.2) is 0 Å². The summed E-state index contributed by atoms with van der Waals surface area (Å²) < 4.78 is 0. The van der Waals surface area contributed by atoms with Crippen molar-refractivity contribution in [1.29, 1.82) is 0 Å². The minimum absolute atomic E-state index is 0.0297. The molecule has 0 spiro atoms. The molecular weight excluding hydrogens is 236 g/mol. The molecule has 6 heteroatoms. The molecule has 1 atom stereocenters. The molecule has 100 valence electrons. The van der Waals surface area contributed by atoms with E-state index in [1.165, 1.54) is 0 Å². The minimum Gasteiger partial charge on any atom is -0.481 e. The Kier molecular flexibility index (Phi) is 3.84. The Bertz CT molecular complexity index is 361. The normalized spacial score (nSPS) is 25.0. The lowest BCUT2D eigenvalue weighted by Crippen LogP contribution is -2.42. The zero-order chi connectivity index (χ0) is 13.1. The number of nitrogens with zero attached hydrogens (tertiary/aromatic N) is 1. The predicted molar refractivity (Wildman–Crippen MR) is 62.7 cm³/mol. The molecule has 0 aromatic rings. The van der Waals surface area contributed by atoms with Gasteiger partial charge in [0.1, 0.15) is 0 Å². The quantitative estimate of drug-likeness (QED) is 0.732. The first-order chi connectivity index (χ1) is 8.56. The van der Waals surface area contributed by atoms with Crippen molar-refractivity contribution < 1.29 is 19.5 Å². The van der Waals surface area contributed by atoms with Crippen molar-refractivity contribution in [1.82, 2.24) is 10.2 Å². The summed E-state index contributed by atoms with van der Waals surface area (Å²) in [4.78, 5) is 35.5. The molecule has 2 saturated heterocycles. The number of carbonyl (C=O) groups is 3. The van der Waals surface area contributed by atoms with Gasteiger partial charge in [0.05, 0.1) is 5.92 Å². The Morgan fingerprint density at radius 3 is 2.50 bits per heavy atom. The van der Waals surface area contributed by atoms with Gasteiger partial charge in [-0.3, -0.25) is 14.4 Å². The highest BCUT2D eigenvalue weighted by molar-refractivity contribution is 5.89. The van der Waals surface area contributed by atoms with Gasteiger partial charge >= 0.3 is 5.97 Å². The zero-order valence-electron chi connectivity index (χ0n) is 10.2. The van der Waals surface area contributed by atoms with Crippen LogP contribution in [-0.4, -0.2) is 47.4 Å². The third-order valence-corrected chi connectivity index (χ3v) is 3.72. The first-order valence-electron chi connectivity index (χ1n) is 6.33. The third-order valence-electron chi connectivity index (χ3n) is 3.72. The summed E-state index contributed by atoms with van der Waals surface area (Å²) in [6, 6.07) is 0. The van der Waals surface area contributed by atoms with Crippen LogP contribution >= 0.6 is 0 Å². The number of hydrogen-bond donors (Lipinski definition) is 2. The Morgan fingerprint density at radius 2 is 2.00 bits per heavy atom. The molecule has 0 aliphatic carbocycles. The fourth-order valence-corrected chi connectivity index (χ4v) is 2.64. The summed E-state index contributed by atoms with van der Waals surface area (Å²) in [5, 5.41) is 11.4. The number of nitrogens with one attached hydrogen (secondary N) is 1. The van der Waals surface area contributed by atoms with E-state index in [4.69, 9.17) is 5.11 Å². The van der Waals surface area contributed by atoms with Crippen LogP contribution < -0.4 is 5.32 Å². The number of carboxylic acid groups (broad SMARTS) is 1. The maximum Gasteiger partial charge on any atom is 0.303 e. The number of carboxylic acids is 1. The van der Waals surface area contributed by atoms with Crippen LogP contribution in [-0.2, 0) is 14.4 Å². The Morgan fingerprint density at radius 1 is 1.33 bits per heavy atom. The Hall–Kier alpha value is -1.59. The first-order valence-corrected chi connectivity index (χ1v) is 6.33. The lowest BCUT2D eigenvalue weighted by atomic mass is 9.92. The van der Waals surface area contributed by atoms with Gasteiger partial charge in [-0.15, -0.1) is 0 Å². The predicted octanol–water partition coefficient (Wildman–Crippen LogP) is -0.164. The molecule has 2 rings (SSSR count). The van der Waals surface area contributed by atoms with Gasteiger partial charge in [0, 0.05) is 32.5 Å². The second-order valence-electron chi connectivity index (χ2n) is 5.07. The van der Waals surface area contributed by atoms with Gasteiger partial charge in [-0.2, -0.15) is 0 Å². The highest BCUT2D eigenvalue weighted by Crippen LogP contribution is 2.23. The number of amides is 2. The lowest BCUT2D eigenvalue weighted by molar-refractivity contribution is -0.139. The van der Waals surface area contributed by atoms with Gasteiger partial charge in [0.25, 0.3) is 0 Å². The van der Waals surface area contributed by atoms with Crippen molar-refractivity contribution in [2.75, 3.05) is 19.6 Å². The molecular formula is C12H18N2O4. The molecule has 2 N–H and O–H groups in total. The summed E-state index contributed by atoms with van der Waals surface area (Å²) >= 11 is 0. The molecule has 18 heavy (non-hydrogen) atoms. The molecule has 2 fully saturated rings. The van der Waals surface area contributed by atoms with E-state index >= 15 is 0 Å². The van der Waals surface area contributed by atoms with Crippen LogP contribution in [0.1, 0.15) is 25.7 Å². The molecule has 0 aromatic carbocycles. The van der Waals surface area contributed by atoms with Crippen LogP contribution in [0.2, 0.25) is 0 Å². The molecule has 0 aromatic heterocycles. The van der Waals surface area contributed by atoms with E-state index in [0.717, 1.165) is 12.8 Å². The number of aliphatic carboxylic acids is 1. The summed E-state index contributed by atoms with van der Waals surface area (Å²) in [6.45, 7) is 1.66. The molecule has 0 bridgehead atoms. The van der Waals surface area contributed by atoms with Crippen LogP contribution in [0.3, 0.4) is 0 Å². The fourth-order valence-electron chi connectivity index (χ4n) is 2.64. The van der Waals surface area contributed by atoms with Crippen LogP contribution in [0, 0.1) is 11.8 Å². The molecule has 1 unspecified atom stereocenters. The fraction of sp³-hybridized carbons (Fsp3) is 0.750. The highest BCUT2D eigenvalue weighted by atomic mass is 16.4. The van der Waals surface area contributed by atoms with E-state index in [2.05, 4.69) is 5.32 Å². The van der Waals surface area contributed by atoms with E-state index < -0.39 is 5.97 Å². The molecule has 2 aliphatic heterocycles. The number of hydrogen-bond acceptors (Lipinski definition) is 3. The lowest BCUT2D eigenvalue weighted by Gasteiger charge is -2.32. The smallest absolute Gasteiger partial charge is 0.303 e. The van der Waals surface area contributed by atoms with E-state index in [1.54, 1.807) is 4.90 Å². The summed E-state index contributed by atoms with van der Waals surface area (Å²) in [6.07, 6.45) is 1.96. The van der Waals surface area contributed by atoms with Crippen LogP contribution in [0.5, 0.6) is 0 Å². The van der Waals surface area contributed by atoms with Crippen molar-refractivity contribution in [3.8, 4) is 0 Å². The van der Waals surface area contributed by atoms with E-state index in [1.807, 2.05) is 0 Å². The monoisotopic (exact) mass is 254 g/mol. The molecule has 6 nitrogen and oxygen atoms in total. The number of rotatable bonds is 3. The van der Waals surface area contributed by atoms with Crippen molar-refractivity contribution in [3.05, 3.63) is 0 Å². The van der Waals surface area contributed by atoms with Crippen LogP contribution in [0.4, 0.5) is 0 Å². The highest BCUT2D eigenvalue weighted by Gasteiger charge is 2.33. The van der Waals surface area contributed by atoms with Crippen LogP contribution in [0.25, 0.3) is 0 Å². The Labute approximate surface area is 105 Å². The molecule has 0 radical (unpaired) electrons. The molecule has 2 amide bonds. The first kappa shape index (κ1) is 12.9. The van der Waals surface area contributed by atoms with Crippen molar-refractivity contribution in [2.24, 2.45) is 11.8 Å². The van der Waals surface area contributed by atoms with Gasteiger partial charge in [0.15, 0.2) is 0 Å². The molecule has 0 saturated carbocycles. The minimum atomic E-state index is -0.773. The zero-order valence-corrected chi connectivity index (χ0v) is 10.2. The average Bonchev–Trinajstić information content (AvgIpc) is 2.75. The van der Waals surface area contributed by atoms with Gasteiger partial charge in [-0.05, 0) is 18.8 Å². The topological polar surface area (TPSA) is 86.7 Å². The largest absolute Gasteiger partial charge is 0.481 e. The summed E-state index contributed by atoms with van der Waals surface area (Å²) in [5.41, 5.74) is 0. The Balaban J connectivity index is 1.80. The van der Waals surface area contributed by atoms with E-state index in [-0.39, 0.29) is 36.5 Å². The van der Waals surface area contributed by atoms with Crippen molar-refractivity contribution >= 4 is 17.8 Å². The molecule has 2 heterocycles. The second kappa shape index (κ2) is 5.37. The van der Waals surface area contributed by atoms with Gasteiger partial charge < -0.3 is 15.3 Å². The van der Waals surface area contributed by atoms with Crippen molar-refractivity contribution in [3.63, 3.8) is 0 Å². The van der Waals surface area contributed by atoms with Crippen LogP contribution in [0.15, 0.2) is 0 Å². The van der Waals surface area contributed by atoms with Crippen molar-refractivity contribution in [2.45, 2.75) is 25.7 Å². The number of piperidine rings is 1. The van der Waals surface area contributed by atoms with Gasteiger partial charge in [-0.1, -0.05) is 0 Å². The third kappa shape index (κ3) is 3.00. The maximum absolute atomic E-state index is 12.1. The average molecular weight is 254 g/mol. The van der Waals surface area contributed by atoms with E-state index in [9.17, 15) is 14.4 Å². The second-order valence-corrected chi connectivity index (χ2v) is 5.07. The number of likely N-dealkylation sites (tertiary alicyclic amines) is 1. The summed E-state index contributed by atoms with van der Waals surface area (Å²) in [5.74, 6) is -0.856. The number of carbonyl (C=O) groups excluding carboxylic acids is 2. The molecule has 2 aliphatic rings. The summed E-state index contributed by atoms with van der Waals surface area (Å²) in [7, 11) is 0. The van der Waals surface area contributed by atoms with E-state index in [0.29, 0.717) is 19.6 Å². The van der Waals surface area contributed by atoms with Gasteiger partial charge in [0.2, 0.25) is 11.8 Å². The standard InChI is InChI=1S/C12H18N2O4/c15-10-6-9(7-13-10)12(18)14-3-1-8(2-4-14)5-11(16)17/h8-9H,1-7H2,(H,13,15)(H,16,17). The maximum atomic E-state index is 12.1. The SMILES string of the molecule is O=C(O)CC1CCN(C(=O)C2CNC(=O)C2)CC1.